The average Bonchev–Trinajstić information content (AvgIpc) is 2.56. The predicted molar refractivity (Wildman–Crippen MR) is 105 cm³/mol. The predicted octanol–water partition coefficient (Wildman–Crippen LogP) is 6.62. The van der Waals surface area contributed by atoms with E-state index >= 15 is 0 Å². The minimum atomic E-state index is -0.913. The fraction of sp³-hybridized carbons (Fsp3) is 0.667. The number of rotatable bonds is 16. The van der Waals surface area contributed by atoms with Crippen molar-refractivity contribution >= 4 is 6.09 Å². The molecule has 0 unspecified atom stereocenters. The van der Waals surface area contributed by atoms with Gasteiger partial charge in [-0.1, -0.05) is 81.9 Å². The third-order valence-corrected chi connectivity index (χ3v) is 3.85. The summed E-state index contributed by atoms with van der Waals surface area (Å²) in [5.74, 6) is 0. The summed E-state index contributed by atoms with van der Waals surface area (Å²) in [6.07, 6.45) is 26.8. The van der Waals surface area contributed by atoms with E-state index in [0.717, 1.165) is 32.1 Å². The number of nitrogens with one attached hydrogen (secondary N) is 1. The van der Waals surface area contributed by atoms with Crippen LogP contribution in [0.5, 0.6) is 0 Å². The highest BCUT2D eigenvalue weighted by atomic mass is 16.4. The Morgan fingerprint density at radius 1 is 0.750 bits per heavy atom. The van der Waals surface area contributed by atoms with E-state index in [0.29, 0.717) is 6.54 Å². The summed E-state index contributed by atoms with van der Waals surface area (Å²) < 4.78 is 0. The molecule has 0 rings (SSSR count). The monoisotopic (exact) mass is 335 g/mol. The molecule has 0 heterocycles. The van der Waals surface area contributed by atoms with Crippen molar-refractivity contribution in [2.75, 3.05) is 6.54 Å². The lowest BCUT2D eigenvalue weighted by molar-refractivity contribution is 0.194. The lowest BCUT2D eigenvalue weighted by Gasteiger charge is -2.02. The number of unbranched alkanes of at least 4 members (excludes halogenated alkanes) is 8. The van der Waals surface area contributed by atoms with Crippen LogP contribution >= 0.6 is 0 Å². The molecule has 24 heavy (non-hydrogen) atoms. The molecule has 138 valence electrons. The molecule has 0 saturated carbocycles. The van der Waals surface area contributed by atoms with Crippen molar-refractivity contribution in [2.45, 2.75) is 84.0 Å². The van der Waals surface area contributed by atoms with Crippen LogP contribution in [0.15, 0.2) is 36.5 Å². The van der Waals surface area contributed by atoms with Crippen LogP contribution in [-0.4, -0.2) is 17.7 Å². The van der Waals surface area contributed by atoms with E-state index < -0.39 is 6.09 Å². The zero-order chi connectivity index (χ0) is 17.7. The first-order valence-electron chi connectivity index (χ1n) is 9.69. The molecule has 0 aromatic heterocycles. The van der Waals surface area contributed by atoms with Crippen molar-refractivity contribution < 1.29 is 9.90 Å². The zero-order valence-electron chi connectivity index (χ0n) is 15.5. The van der Waals surface area contributed by atoms with Gasteiger partial charge in [-0.05, 0) is 38.5 Å². The summed E-state index contributed by atoms with van der Waals surface area (Å²) >= 11 is 0. The first kappa shape index (κ1) is 22.5. The SMILES string of the molecule is CCC=CCC=CCC=CCCCCCCCCCCNC(=O)O. The third kappa shape index (κ3) is 20.5. The van der Waals surface area contributed by atoms with E-state index in [2.05, 4.69) is 48.7 Å². The molecular weight excluding hydrogens is 298 g/mol. The molecule has 0 bridgehead atoms. The van der Waals surface area contributed by atoms with Crippen molar-refractivity contribution in [3.8, 4) is 0 Å². The van der Waals surface area contributed by atoms with Crippen molar-refractivity contribution in [2.24, 2.45) is 0 Å². The minimum absolute atomic E-state index is 0.590. The molecule has 0 spiro atoms. The van der Waals surface area contributed by atoms with Crippen LogP contribution in [0.2, 0.25) is 0 Å². The smallest absolute Gasteiger partial charge is 0.404 e. The van der Waals surface area contributed by atoms with Crippen molar-refractivity contribution in [1.29, 1.82) is 0 Å². The Hall–Kier alpha value is -1.51. The maximum Gasteiger partial charge on any atom is 0.404 e. The van der Waals surface area contributed by atoms with Crippen LogP contribution in [0.4, 0.5) is 4.79 Å². The Labute approximate surface area is 148 Å². The summed E-state index contributed by atoms with van der Waals surface area (Å²) in [7, 11) is 0. The van der Waals surface area contributed by atoms with Crippen molar-refractivity contribution in [1.82, 2.24) is 5.32 Å². The van der Waals surface area contributed by atoms with Crippen LogP contribution in [0.3, 0.4) is 0 Å². The number of amides is 1. The molecule has 0 aromatic rings. The largest absolute Gasteiger partial charge is 0.465 e. The topological polar surface area (TPSA) is 49.3 Å². The van der Waals surface area contributed by atoms with Gasteiger partial charge in [0.05, 0.1) is 0 Å². The van der Waals surface area contributed by atoms with Gasteiger partial charge >= 0.3 is 6.09 Å². The fourth-order valence-corrected chi connectivity index (χ4v) is 2.47. The fourth-order valence-electron chi connectivity index (χ4n) is 2.47. The summed E-state index contributed by atoms with van der Waals surface area (Å²) in [6.45, 7) is 2.75. The van der Waals surface area contributed by atoms with Gasteiger partial charge in [0.25, 0.3) is 0 Å². The number of carbonyl (C=O) groups is 1. The minimum Gasteiger partial charge on any atom is -0.465 e. The number of allylic oxidation sites excluding steroid dienone is 6. The van der Waals surface area contributed by atoms with Crippen LogP contribution in [0.1, 0.15) is 84.0 Å². The van der Waals surface area contributed by atoms with Crippen LogP contribution in [0.25, 0.3) is 0 Å². The maximum absolute atomic E-state index is 10.3. The summed E-state index contributed by atoms with van der Waals surface area (Å²) in [4.78, 5) is 10.3. The van der Waals surface area contributed by atoms with Gasteiger partial charge in [0.1, 0.15) is 0 Å². The van der Waals surface area contributed by atoms with Crippen LogP contribution < -0.4 is 5.32 Å². The van der Waals surface area contributed by atoms with Gasteiger partial charge in [0.15, 0.2) is 0 Å². The molecule has 0 fully saturated rings. The Morgan fingerprint density at radius 3 is 1.83 bits per heavy atom. The van der Waals surface area contributed by atoms with Crippen LogP contribution in [0, 0.1) is 0 Å². The molecular formula is C21H37NO2. The maximum atomic E-state index is 10.3. The molecule has 1 amide bonds. The van der Waals surface area contributed by atoms with E-state index in [4.69, 9.17) is 5.11 Å². The normalized spacial score (nSPS) is 11.9. The second-order valence-electron chi connectivity index (χ2n) is 6.14. The van der Waals surface area contributed by atoms with E-state index in [1.165, 1.54) is 44.9 Å². The van der Waals surface area contributed by atoms with Gasteiger partial charge in [-0.25, -0.2) is 4.79 Å². The summed E-state index contributed by atoms with van der Waals surface area (Å²) in [6, 6.07) is 0. The van der Waals surface area contributed by atoms with Gasteiger partial charge in [-0.2, -0.15) is 0 Å². The molecule has 0 aliphatic heterocycles. The molecule has 0 aliphatic rings. The van der Waals surface area contributed by atoms with Gasteiger partial charge in [0.2, 0.25) is 0 Å². The van der Waals surface area contributed by atoms with Crippen LogP contribution in [-0.2, 0) is 0 Å². The quantitative estimate of drug-likeness (QED) is 0.246. The molecule has 2 N–H and O–H groups in total. The second-order valence-corrected chi connectivity index (χ2v) is 6.14. The molecule has 0 radical (unpaired) electrons. The van der Waals surface area contributed by atoms with E-state index in [1.54, 1.807) is 0 Å². The standard InChI is InChI=1S/C21H37NO2/c1-2-3-4-5-6-7-8-9-10-11-12-13-14-15-16-17-18-19-20-22-21(23)24/h3-4,6-7,9-10,22H,2,5,8,11-20H2,1H3,(H,23,24). The second kappa shape index (κ2) is 19.5. The first-order valence-corrected chi connectivity index (χ1v) is 9.69. The molecule has 3 nitrogen and oxygen atoms in total. The Bertz CT molecular complexity index is 359. The van der Waals surface area contributed by atoms with E-state index in [1.807, 2.05) is 0 Å². The van der Waals surface area contributed by atoms with Gasteiger partial charge in [-0.3, -0.25) is 0 Å². The van der Waals surface area contributed by atoms with Gasteiger partial charge in [0, 0.05) is 6.54 Å². The highest BCUT2D eigenvalue weighted by Gasteiger charge is 1.94. The first-order chi connectivity index (χ1) is 11.8. The molecule has 3 heteroatoms. The van der Waals surface area contributed by atoms with Crippen molar-refractivity contribution in [3.05, 3.63) is 36.5 Å². The van der Waals surface area contributed by atoms with E-state index in [-0.39, 0.29) is 0 Å². The Morgan fingerprint density at radius 2 is 1.25 bits per heavy atom. The lowest BCUT2D eigenvalue weighted by Crippen LogP contribution is -2.21. The highest BCUT2D eigenvalue weighted by molar-refractivity contribution is 5.64. The number of carboxylic acid groups (broad SMARTS) is 1. The lowest BCUT2D eigenvalue weighted by atomic mass is 10.1. The molecule has 0 aromatic carbocycles. The number of hydrogen-bond acceptors (Lipinski definition) is 1. The van der Waals surface area contributed by atoms with E-state index in [9.17, 15) is 4.79 Å². The molecule has 0 atom stereocenters. The number of hydrogen-bond donors (Lipinski definition) is 2. The average molecular weight is 336 g/mol. The summed E-state index contributed by atoms with van der Waals surface area (Å²) in [5, 5.41) is 10.8. The highest BCUT2D eigenvalue weighted by Crippen LogP contribution is 2.10. The van der Waals surface area contributed by atoms with Gasteiger partial charge in [-0.15, -0.1) is 0 Å². The molecule has 0 saturated heterocycles. The van der Waals surface area contributed by atoms with Gasteiger partial charge < -0.3 is 10.4 Å². The summed E-state index contributed by atoms with van der Waals surface area (Å²) in [5.41, 5.74) is 0. The third-order valence-electron chi connectivity index (χ3n) is 3.85. The molecule has 0 aliphatic carbocycles. The Kier molecular flexibility index (Phi) is 18.3. The van der Waals surface area contributed by atoms with Crippen molar-refractivity contribution in [3.63, 3.8) is 0 Å². The Balaban J connectivity index is 3.18. The zero-order valence-corrected chi connectivity index (χ0v) is 15.5.